The molecular formula is C14H14BrN3. The molecule has 0 aromatic carbocycles. The summed E-state index contributed by atoms with van der Waals surface area (Å²) in [5.41, 5.74) is 3.01. The van der Waals surface area contributed by atoms with Crippen molar-refractivity contribution in [3.05, 3.63) is 34.1 Å². The number of nitrogens with one attached hydrogen (secondary N) is 1. The van der Waals surface area contributed by atoms with Crippen molar-refractivity contribution < 1.29 is 0 Å². The summed E-state index contributed by atoms with van der Waals surface area (Å²) in [5.74, 6) is 0.799. The van der Waals surface area contributed by atoms with Crippen molar-refractivity contribution in [1.82, 2.24) is 10.3 Å². The minimum atomic E-state index is 0.517. The highest BCUT2D eigenvalue weighted by Crippen LogP contribution is 2.34. The Kier molecular flexibility index (Phi) is 3.19. The summed E-state index contributed by atoms with van der Waals surface area (Å²) in [5, 5.41) is 12.6. The molecule has 2 heterocycles. The van der Waals surface area contributed by atoms with Gasteiger partial charge in [0.25, 0.3) is 0 Å². The minimum absolute atomic E-state index is 0.517. The Hall–Kier alpha value is -1.18. The van der Waals surface area contributed by atoms with Gasteiger partial charge in [0, 0.05) is 12.2 Å². The lowest BCUT2D eigenvalue weighted by molar-refractivity contribution is 0.465. The molecule has 92 valence electrons. The number of aromatic nitrogens is 1. The number of allylic oxidation sites excluding steroid dienone is 1. The van der Waals surface area contributed by atoms with Gasteiger partial charge in [0.15, 0.2) is 0 Å². The standard InChI is InChI=1S/C14H14BrN3/c15-14-11(7-16)5-12(8-18-14)10-2-1-9-3-4-17-13(9)6-10/h5-6,8-9,13,17H,1-4H2/t9-,13-/m1/s1. The molecule has 1 N–H and O–H groups in total. The lowest BCUT2D eigenvalue weighted by atomic mass is 9.84. The molecule has 0 spiro atoms. The van der Waals surface area contributed by atoms with Crippen LogP contribution in [0.25, 0.3) is 5.57 Å². The molecule has 18 heavy (non-hydrogen) atoms. The second-order valence-corrected chi connectivity index (χ2v) is 5.68. The van der Waals surface area contributed by atoms with E-state index in [0.29, 0.717) is 16.2 Å². The fraction of sp³-hybridized carbons (Fsp3) is 0.429. The molecule has 0 bridgehead atoms. The molecule has 1 aromatic rings. The van der Waals surface area contributed by atoms with Gasteiger partial charge in [-0.25, -0.2) is 4.98 Å². The first kappa shape index (κ1) is 11.9. The summed E-state index contributed by atoms with van der Waals surface area (Å²) in [4.78, 5) is 4.24. The monoisotopic (exact) mass is 303 g/mol. The van der Waals surface area contributed by atoms with E-state index in [4.69, 9.17) is 5.26 Å². The fourth-order valence-electron chi connectivity index (χ4n) is 2.88. The average Bonchev–Trinajstić information content (AvgIpc) is 2.86. The maximum absolute atomic E-state index is 9.04. The molecular weight excluding hydrogens is 290 g/mol. The van der Waals surface area contributed by atoms with Gasteiger partial charge in [0.1, 0.15) is 10.7 Å². The number of pyridine rings is 1. The first-order chi connectivity index (χ1) is 8.78. The minimum Gasteiger partial charge on any atom is -0.310 e. The Morgan fingerprint density at radius 3 is 3.17 bits per heavy atom. The summed E-state index contributed by atoms with van der Waals surface area (Å²) in [6, 6.07) is 4.61. The Morgan fingerprint density at radius 1 is 1.44 bits per heavy atom. The number of fused-ring (bicyclic) bond motifs is 1. The van der Waals surface area contributed by atoms with Gasteiger partial charge in [-0.1, -0.05) is 6.08 Å². The molecule has 1 aliphatic heterocycles. The molecule has 0 saturated carbocycles. The van der Waals surface area contributed by atoms with Crippen molar-refractivity contribution in [3.63, 3.8) is 0 Å². The van der Waals surface area contributed by atoms with Gasteiger partial charge >= 0.3 is 0 Å². The van der Waals surface area contributed by atoms with Crippen LogP contribution in [0.15, 0.2) is 22.9 Å². The smallest absolute Gasteiger partial charge is 0.123 e. The van der Waals surface area contributed by atoms with Crippen LogP contribution >= 0.6 is 15.9 Å². The largest absolute Gasteiger partial charge is 0.310 e. The van der Waals surface area contributed by atoms with Crippen molar-refractivity contribution in [3.8, 4) is 6.07 Å². The Labute approximate surface area is 115 Å². The first-order valence-electron chi connectivity index (χ1n) is 6.28. The van der Waals surface area contributed by atoms with E-state index in [1.165, 1.54) is 18.4 Å². The zero-order valence-electron chi connectivity index (χ0n) is 9.99. The topological polar surface area (TPSA) is 48.7 Å². The van der Waals surface area contributed by atoms with Crippen LogP contribution in [0.4, 0.5) is 0 Å². The lowest BCUT2D eigenvalue weighted by Crippen LogP contribution is -2.27. The third kappa shape index (κ3) is 2.09. The van der Waals surface area contributed by atoms with E-state index in [2.05, 4.69) is 38.4 Å². The van der Waals surface area contributed by atoms with Gasteiger partial charge in [-0.2, -0.15) is 5.26 Å². The predicted molar refractivity (Wildman–Crippen MR) is 73.8 cm³/mol. The summed E-state index contributed by atoms with van der Waals surface area (Å²) in [6.07, 6.45) is 7.80. The number of hydrogen-bond donors (Lipinski definition) is 1. The van der Waals surface area contributed by atoms with Crippen molar-refractivity contribution in [1.29, 1.82) is 5.26 Å². The zero-order chi connectivity index (χ0) is 12.5. The van der Waals surface area contributed by atoms with Crippen LogP contribution in [0.1, 0.15) is 30.4 Å². The highest BCUT2D eigenvalue weighted by Gasteiger charge is 2.29. The number of rotatable bonds is 1. The van der Waals surface area contributed by atoms with E-state index < -0.39 is 0 Å². The summed E-state index contributed by atoms with van der Waals surface area (Å²) in [6.45, 7) is 1.13. The van der Waals surface area contributed by atoms with Crippen LogP contribution in [-0.2, 0) is 0 Å². The normalized spacial score (nSPS) is 26.3. The molecule has 1 saturated heterocycles. The maximum atomic E-state index is 9.04. The third-order valence-corrected chi connectivity index (χ3v) is 4.53. The quantitative estimate of drug-likeness (QED) is 0.812. The van der Waals surface area contributed by atoms with Gasteiger partial charge in [-0.3, -0.25) is 0 Å². The van der Waals surface area contributed by atoms with Crippen molar-refractivity contribution in [2.75, 3.05) is 6.54 Å². The van der Waals surface area contributed by atoms with Crippen LogP contribution in [0, 0.1) is 17.2 Å². The van der Waals surface area contributed by atoms with E-state index in [1.807, 2.05) is 12.3 Å². The number of halogens is 1. The van der Waals surface area contributed by atoms with Crippen LogP contribution < -0.4 is 5.32 Å². The predicted octanol–water partition coefficient (Wildman–Crippen LogP) is 2.87. The molecule has 1 aromatic heterocycles. The first-order valence-corrected chi connectivity index (χ1v) is 7.07. The molecule has 4 heteroatoms. The Bertz CT molecular complexity index is 544. The summed E-state index contributed by atoms with van der Waals surface area (Å²) in [7, 11) is 0. The number of hydrogen-bond acceptors (Lipinski definition) is 3. The number of nitrogens with zero attached hydrogens (tertiary/aromatic N) is 2. The number of nitriles is 1. The third-order valence-electron chi connectivity index (χ3n) is 3.90. The molecule has 0 amide bonds. The average molecular weight is 304 g/mol. The molecule has 0 unspecified atom stereocenters. The molecule has 3 nitrogen and oxygen atoms in total. The second-order valence-electron chi connectivity index (χ2n) is 4.93. The molecule has 1 fully saturated rings. The van der Waals surface area contributed by atoms with Gasteiger partial charge in [-0.15, -0.1) is 0 Å². The van der Waals surface area contributed by atoms with Gasteiger partial charge in [0.05, 0.1) is 5.56 Å². The SMILES string of the molecule is N#Cc1cc(C2=C[C@H]3NCC[C@H]3CC2)cnc1Br. The van der Waals surface area contributed by atoms with Crippen LogP contribution in [0.5, 0.6) is 0 Å². The highest BCUT2D eigenvalue weighted by atomic mass is 79.9. The van der Waals surface area contributed by atoms with E-state index in [1.54, 1.807) is 0 Å². The highest BCUT2D eigenvalue weighted by molar-refractivity contribution is 9.10. The van der Waals surface area contributed by atoms with E-state index >= 15 is 0 Å². The van der Waals surface area contributed by atoms with Crippen molar-refractivity contribution >= 4 is 21.5 Å². The van der Waals surface area contributed by atoms with Gasteiger partial charge < -0.3 is 5.32 Å². The van der Waals surface area contributed by atoms with Gasteiger partial charge in [-0.05, 0) is 64.9 Å². The van der Waals surface area contributed by atoms with Crippen molar-refractivity contribution in [2.24, 2.45) is 5.92 Å². The van der Waals surface area contributed by atoms with Crippen LogP contribution in [0.3, 0.4) is 0 Å². The summed E-state index contributed by atoms with van der Waals surface area (Å²) >= 11 is 3.29. The lowest BCUT2D eigenvalue weighted by Gasteiger charge is -2.24. The van der Waals surface area contributed by atoms with Crippen LogP contribution in [0.2, 0.25) is 0 Å². The fourth-order valence-corrected chi connectivity index (χ4v) is 3.19. The van der Waals surface area contributed by atoms with Crippen molar-refractivity contribution in [2.45, 2.75) is 25.3 Å². The van der Waals surface area contributed by atoms with Gasteiger partial charge in [0.2, 0.25) is 0 Å². The molecule has 2 aliphatic rings. The van der Waals surface area contributed by atoms with E-state index in [9.17, 15) is 0 Å². The molecule has 1 aliphatic carbocycles. The molecule has 3 rings (SSSR count). The van der Waals surface area contributed by atoms with Crippen LogP contribution in [-0.4, -0.2) is 17.6 Å². The Balaban J connectivity index is 1.93. The zero-order valence-corrected chi connectivity index (χ0v) is 11.6. The molecule has 0 radical (unpaired) electrons. The second kappa shape index (κ2) is 4.83. The van der Waals surface area contributed by atoms with E-state index in [0.717, 1.165) is 24.4 Å². The summed E-state index contributed by atoms with van der Waals surface area (Å²) < 4.78 is 0.627. The maximum Gasteiger partial charge on any atom is 0.123 e. The molecule has 2 atom stereocenters. The Morgan fingerprint density at radius 2 is 2.33 bits per heavy atom. The van der Waals surface area contributed by atoms with E-state index in [-0.39, 0.29) is 0 Å².